The van der Waals surface area contributed by atoms with Crippen molar-refractivity contribution in [1.82, 2.24) is 0 Å². The van der Waals surface area contributed by atoms with Gasteiger partial charge in [0.05, 0.1) is 11.4 Å². The van der Waals surface area contributed by atoms with Crippen molar-refractivity contribution in [3.63, 3.8) is 0 Å². The highest BCUT2D eigenvalue weighted by Crippen LogP contribution is 2.35. The summed E-state index contributed by atoms with van der Waals surface area (Å²) in [6.07, 6.45) is 10.6. The molecule has 0 saturated carbocycles. The second-order valence-electron chi connectivity index (χ2n) is 13.1. The van der Waals surface area contributed by atoms with Crippen molar-refractivity contribution in [3.05, 3.63) is 192 Å². The molecule has 1 N–H and O–H groups in total. The lowest BCUT2D eigenvalue weighted by atomic mass is 9.88. The first kappa shape index (κ1) is 29.7. The molecule has 2 nitrogen and oxygen atoms in total. The molecule has 0 atom stereocenters. The molecule has 0 unspecified atom stereocenters. The number of hydrogen-bond donors (Lipinski definition) is 1. The summed E-state index contributed by atoms with van der Waals surface area (Å²) in [4.78, 5) is 5.25. The van der Waals surface area contributed by atoms with Gasteiger partial charge in [0, 0.05) is 17.3 Å². The van der Waals surface area contributed by atoms with Gasteiger partial charge < -0.3 is 5.41 Å². The van der Waals surface area contributed by atoms with Gasteiger partial charge in [-0.3, -0.25) is 4.99 Å². The molecule has 0 aliphatic heterocycles. The third-order valence-corrected chi connectivity index (χ3v) is 10.0. The third-order valence-electron chi connectivity index (χ3n) is 10.0. The van der Waals surface area contributed by atoms with Gasteiger partial charge in [0.25, 0.3) is 0 Å². The molecule has 8 aromatic rings. The molecule has 0 spiro atoms. The SMILES string of the molecule is N=C(/C=C(\N=Cc1c2ccccc2cc2c3c(ccc12)CCC=C3)c1ccc2c(ccc3ccccc32)c1)c1ccc(-c2ccccc2)cc1. The summed E-state index contributed by atoms with van der Waals surface area (Å²) in [7, 11) is 0. The maximum atomic E-state index is 9.25. The Morgan fingerprint density at radius 2 is 1.20 bits per heavy atom. The molecule has 0 saturated heterocycles. The summed E-state index contributed by atoms with van der Waals surface area (Å²) in [5, 5.41) is 18.9. The van der Waals surface area contributed by atoms with Gasteiger partial charge in [-0.15, -0.1) is 0 Å². The van der Waals surface area contributed by atoms with Gasteiger partial charge in [0.1, 0.15) is 0 Å². The van der Waals surface area contributed by atoms with Crippen LogP contribution in [-0.2, 0) is 6.42 Å². The summed E-state index contributed by atoms with van der Waals surface area (Å²) in [5.41, 5.74) is 9.07. The van der Waals surface area contributed by atoms with Gasteiger partial charge in [-0.1, -0.05) is 152 Å². The lowest BCUT2D eigenvalue weighted by Gasteiger charge is -2.16. The molecule has 1 aliphatic rings. The monoisotopic (exact) mass is 638 g/mol. The number of aliphatic imine (C=N–C) groups is 1. The smallest absolute Gasteiger partial charge is 0.0723 e. The summed E-state index contributed by atoms with van der Waals surface area (Å²) < 4.78 is 0. The molecule has 0 aromatic heterocycles. The van der Waals surface area contributed by atoms with Gasteiger partial charge in [-0.2, -0.15) is 0 Å². The Balaban J connectivity index is 1.19. The first-order valence-corrected chi connectivity index (χ1v) is 17.3. The molecule has 2 heteroatoms. The molecule has 50 heavy (non-hydrogen) atoms. The van der Waals surface area contributed by atoms with Gasteiger partial charge in [0.2, 0.25) is 0 Å². The van der Waals surface area contributed by atoms with E-state index in [1.54, 1.807) is 0 Å². The van der Waals surface area contributed by atoms with Crippen LogP contribution in [-0.4, -0.2) is 11.9 Å². The number of hydrogen-bond acceptors (Lipinski definition) is 2. The molecular weight excluding hydrogens is 605 g/mol. The second kappa shape index (κ2) is 12.6. The lowest BCUT2D eigenvalue weighted by molar-refractivity contribution is 0.990. The van der Waals surface area contributed by atoms with E-state index < -0.39 is 0 Å². The van der Waals surface area contributed by atoms with E-state index in [1.807, 2.05) is 30.5 Å². The van der Waals surface area contributed by atoms with Crippen molar-refractivity contribution >= 4 is 66.8 Å². The quantitative estimate of drug-likeness (QED) is 0.107. The second-order valence-corrected chi connectivity index (χ2v) is 13.1. The average molecular weight is 639 g/mol. The predicted molar refractivity (Wildman–Crippen MR) is 215 cm³/mol. The van der Waals surface area contributed by atoms with Crippen molar-refractivity contribution < 1.29 is 0 Å². The summed E-state index contributed by atoms with van der Waals surface area (Å²) in [6, 6.07) is 53.5. The highest BCUT2D eigenvalue weighted by Gasteiger charge is 2.14. The number of benzene rings is 8. The van der Waals surface area contributed by atoms with E-state index >= 15 is 0 Å². The number of allylic oxidation sites excluding steroid dienone is 2. The zero-order chi connectivity index (χ0) is 33.4. The van der Waals surface area contributed by atoms with E-state index in [0.29, 0.717) is 5.71 Å². The van der Waals surface area contributed by atoms with E-state index in [0.717, 1.165) is 51.7 Å². The fourth-order valence-corrected chi connectivity index (χ4v) is 7.43. The largest absolute Gasteiger partial charge is 0.300 e. The topological polar surface area (TPSA) is 36.2 Å². The molecule has 0 heterocycles. The highest BCUT2D eigenvalue weighted by atomic mass is 14.7. The third kappa shape index (κ3) is 5.41. The number of aryl methyl sites for hydroxylation is 1. The minimum Gasteiger partial charge on any atom is -0.300 e. The Labute approximate surface area is 291 Å². The molecule has 1 aliphatic carbocycles. The number of nitrogens with one attached hydrogen (secondary N) is 1. The van der Waals surface area contributed by atoms with E-state index in [-0.39, 0.29) is 0 Å². The fraction of sp³-hybridized carbons (Fsp3) is 0.0417. The van der Waals surface area contributed by atoms with Crippen LogP contribution in [0.1, 0.15) is 34.2 Å². The van der Waals surface area contributed by atoms with Crippen molar-refractivity contribution in [2.45, 2.75) is 12.8 Å². The Bertz CT molecular complexity index is 2690. The fourth-order valence-electron chi connectivity index (χ4n) is 7.43. The Kier molecular flexibility index (Phi) is 7.48. The average Bonchev–Trinajstić information content (AvgIpc) is 3.19. The molecule has 8 aromatic carbocycles. The van der Waals surface area contributed by atoms with Gasteiger partial charge in [-0.05, 0) is 102 Å². The van der Waals surface area contributed by atoms with E-state index in [2.05, 4.69) is 146 Å². The zero-order valence-corrected chi connectivity index (χ0v) is 27.6. The first-order chi connectivity index (χ1) is 24.7. The Morgan fingerprint density at radius 1 is 0.540 bits per heavy atom. The van der Waals surface area contributed by atoms with Crippen LogP contribution in [0, 0.1) is 5.41 Å². The van der Waals surface area contributed by atoms with Crippen molar-refractivity contribution in [2.75, 3.05) is 0 Å². The van der Waals surface area contributed by atoms with Crippen molar-refractivity contribution in [2.24, 2.45) is 4.99 Å². The van der Waals surface area contributed by atoms with E-state index in [1.165, 1.54) is 48.8 Å². The van der Waals surface area contributed by atoms with Gasteiger partial charge in [0.15, 0.2) is 0 Å². The predicted octanol–water partition coefficient (Wildman–Crippen LogP) is 12.5. The first-order valence-electron chi connectivity index (χ1n) is 17.3. The van der Waals surface area contributed by atoms with Crippen LogP contribution in [0.25, 0.3) is 66.0 Å². The summed E-state index contributed by atoms with van der Waals surface area (Å²) in [6.45, 7) is 0. The molecule has 0 amide bonds. The van der Waals surface area contributed by atoms with Crippen LogP contribution in [0.4, 0.5) is 0 Å². The molecule has 9 rings (SSSR count). The summed E-state index contributed by atoms with van der Waals surface area (Å²) in [5.74, 6) is 0. The Hall–Kier alpha value is -6.38. The number of nitrogens with zero attached hydrogens (tertiary/aromatic N) is 1. The molecule has 0 bridgehead atoms. The van der Waals surface area contributed by atoms with Crippen molar-refractivity contribution in [3.8, 4) is 11.1 Å². The standard InChI is InChI=1S/C48H34N2/c49-47(36-21-18-33(19-22-36)32-10-2-1-3-11-32)30-48(39-25-26-43-38(28-39)23-20-34-12-4-7-15-40(34)43)50-31-46-42-17-9-6-14-37(42)29-45-41-16-8-5-13-35(41)24-27-44(45)46/h1-4,6-12,14-31,49H,5,13H2/b48-30-,49-47?,50-31?. The number of fused-ring (bicyclic) bond motifs is 7. The van der Waals surface area contributed by atoms with Crippen LogP contribution in [0.15, 0.2) is 169 Å². The minimum absolute atomic E-state index is 0.414. The number of rotatable bonds is 6. The lowest BCUT2D eigenvalue weighted by Crippen LogP contribution is -1.98. The van der Waals surface area contributed by atoms with Crippen LogP contribution < -0.4 is 0 Å². The minimum atomic E-state index is 0.414. The van der Waals surface area contributed by atoms with Crippen LogP contribution in [0.2, 0.25) is 0 Å². The molecule has 0 radical (unpaired) electrons. The molecule has 0 fully saturated rings. The zero-order valence-electron chi connectivity index (χ0n) is 27.6. The maximum absolute atomic E-state index is 9.25. The summed E-state index contributed by atoms with van der Waals surface area (Å²) >= 11 is 0. The van der Waals surface area contributed by atoms with Crippen LogP contribution in [0.3, 0.4) is 0 Å². The normalized spacial score (nSPS) is 13.1. The van der Waals surface area contributed by atoms with Crippen LogP contribution in [0.5, 0.6) is 0 Å². The Morgan fingerprint density at radius 3 is 2.06 bits per heavy atom. The van der Waals surface area contributed by atoms with E-state index in [4.69, 9.17) is 4.99 Å². The maximum Gasteiger partial charge on any atom is 0.0723 e. The highest BCUT2D eigenvalue weighted by molar-refractivity contribution is 6.17. The van der Waals surface area contributed by atoms with Crippen molar-refractivity contribution in [1.29, 1.82) is 5.41 Å². The van der Waals surface area contributed by atoms with Gasteiger partial charge >= 0.3 is 0 Å². The molecular formula is C48H34N2. The van der Waals surface area contributed by atoms with Crippen LogP contribution >= 0.6 is 0 Å². The molecule has 236 valence electrons. The van der Waals surface area contributed by atoms with Gasteiger partial charge in [-0.25, -0.2) is 0 Å². The van der Waals surface area contributed by atoms with E-state index in [9.17, 15) is 5.41 Å².